The van der Waals surface area contributed by atoms with Crippen LogP contribution in [-0.2, 0) is 18.6 Å². The third-order valence-corrected chi connectivity index (χ3v) is 5.94. The second-order valence-corrected chi connectivity index (χ2v) is 7.98. The Labute approximate surface area is 171 Å². The summed E-state index contributed by atoms with van der Waals surface area (Å²) in [6.45, 7) is 6.23. The van der Waals surface area contributed by atoms with E-state index in [2.05, 4.69) is 22.2 Å². The summed E-state index contributed by atoms with van der Waals surface area (Å²) >= 11 is 0. The minimum absolute atomic E-state index is 0.641. The summed E-state index contributed by atoms with van der Waals surface area (Å²) < 4.78 is 10.9. The van der Waals surface area contributed by atoms with E-state index < -0.39 is 5.60 Å². The quantitative estimate of drug-likeness (QED) is 0.688. The number of aryl methyl sites for hydroxylation is 2. The van der Waals surface area contributed by atoms with Crippen LogP contribution in [0.25, 0.3) is 0 Å². The first-order chi connectivity index (χ1) is 14.0. The molecule has 152 valence electrons. The van der Waals surface area contributed by atoms with Crippen LogP contribution in [0.3, 0.4) is 0 Å². The van der Waals surface area contributed by atoms with Crippen molar-refractivity contribution in [2.45, 2.75) is 38.8 Å². The number of β-amino-alcohol motifs (C(OH)–C–C–N with tert-alkyl or cyclic N) is 1. The van der Waals surface area contributed by atoms with Crippen molar-refractivity contribution in [3.8, 4) is 5.75 Å². The first kappa shape index (κ1) is 19.7. The second kappa shape index (κ2) is 8.01. The molecule has 5 nitrogen and oxygen atoms in total. The van der Waals surface area contributed by atoms with Crippen molar-refractivity contribution >= 4 is 0 Å². The Morgan fingerprint density at radius 1 is 1.17 bits per heavy atom. The second-order valence-electron chi connectivity index (χ2n) is 7.98. The molecule has 1 aliphatic rings. The molecule has 2 heterocycles. The Balaban J connectivity index is 1.51. The van der Waals surface area contributed by atoms with Gasteiger partial charge < -0.3 is 14.4 Å². The van der Waals surface area contributed by atoms with Gasteiger partial charge in [0.2, 0.25) is 0 Å². The smallest absolute Gasteiger partial charge is 0.137 e. The lowest BCUT2D eigenvalue weighted by atomic mass is 9.93. The lowest BCUT2D eigenvalue weighted by Crippen LogP contribution is -2.30. The predicted octanol–water partition coefficient (Wildman–Crippen LogP) is 3.98. The summed E-state index contributed by atoms with van der Waals surface area (Å²) in [4.78, 5) is 2.31. The van der Waals surface area contributed by atoms with Gasteiger partial charge in [0.15, 0.2) is 0 Å². The van der Waals surface area contributed by atoms with Crippen LogP contribution < -0.4 is 4.74 Å². The number of ether oxygens (including phenoxy) is 1. The maximum absolute atomic E-state index is 11.1. The zero-order chi connectivity index (χ0) is 20.4. The molecule has 1 saturated heterocycles. The fourth-order valence-electron chi connectivity index (χ4n) is 4.26. The molecule has 4 rings (SSSR count). The summed E-state index contributed by atoms with van der Waals surface area (Å²) in [5.41, 5.74) is 4.59. The highest BCUT2D eigenvalue weighted by Crippen LogP contribution is 2.33. The predicted molar refractivity (Wildman–Crippen MR) is 112 cm³/mol. The van der Waals surface area contributed by atoms with Gasteiger partial charge in [-0.3, -0.25) is 4.90 Å². The Hall–Kier alpha value is -2.63. The van der Waals surface area contributed by atoms with Gasteiger partial charge in [-0.05, 0) is 43.0 Å². The van der Waals surface area contributed by atoms with E-state index in [0.29, 0.717) is 6.54 Å². The minimum Gasteiger partial charge on any atom is -0.496 e. The molecule has 29 heavy (non-hydrogen) atoms. The number of rotatable bonds is 6. The number of benzene rings is 2. The first-order valence-electron chi connectivity index (χ1n) is 10.1. The highest BCUT2D eigenvalue weighted by molar-refractivity contribution is 5.42. The molecule has 3 aromatic rings. The van der Waals surface area contributed by atoms with Gasteiger partial charge in [-0.2, -0.15) is 0 Å². The van der Waals surface area contributed by atoms with Crippen molar-refractivity contribution < 1.29 is 14.4 Å². The van der Waals surface area contributed by atoms with E-state index in [1.807, 2.05) is 50.2 Å². The summed E-state index contributed by atoms with van der Waals surface area (Å²) in [5, 5.41) is 15.2. The summed E-state index contributed by atoms with van der Waals surface area (Å²) in [6, 6.07) is 16.3. The molecule has 1 unspecified atom stereocenters. The van der Waals surface area contributed by atoms with Gasteiger partial charge >= 0.3 is 0 Å². The van der Waals surface area contributed by atoms with Crippen LogP contribution in [0.2, 0.25) is 0 Å². The summed E-state index contributed by atoms with van der Waals surface area (Å²) in [7, 11) is 1.70. The Morgan fingerprint density at radius 3 is 2.66 bits per heavy atom. The average Bonchev–Trinajstić information content (AvgIpc) is 3.26. The largest absolute Gasteiger partial charge is 0.496 e. The summed E-state index contributed by atoms with van der Waals surface area (Å²) in [6.07, 6.45) is 1.48. The average molecular weight is 392 g/mol. The molecule has 1 fully saturated rings. The molecule has 2 aromatic carbocycles. The lowest BCUT2D eigenvalue weighted by Gasteiger charge is -2.24. The van der Waals surface area contributed by atoms with E-state index in [1.165, 1.54) is 5.56 Å². The SMILES string of the molecule is COc1ccc(CN2CCC(O)(c3ccccc3)C2)cc1Cc1c(C)noc1C. The van der Waals surface area contributed by atoms with Crippen molar-refractivity contribution in [1.29, 1.82) is 0 Å². The highest BCUT2D eigenvalue weighted by Gasteiger charge is 2.37. The van der Waals surface area contributed by atoms with Crippen LogP contribution in [0.1, 0.15) is 40.1 Å². The van der Waals surface area contributed by atoms with Crippen molar-refractivity contribution in [3.05, 3.63) is 82.2 Å². The molecule has 1 N–H and O–H groups in total. The maximum Gasteiger partial charge on any atom is 0.137 e. The van der Waals surface area contributed by atoms with E-state index in [0.717, 1.165) is 59.8 Å². The molecular formula is C24H28N2O3. The van der Waals surface area contributed by atoms with Crippen LogP contribution in [0.15, 0.2) is 53.1 Å². The molecular weight excluding hydrogens is 364 g/mol. The molecule has 1 aromatic heterocycles. The van der Waals surface area contributed by atoms with Gasteiger partial charge in [0.1, 0.15) is 17.1 Å². The molecule has 0 radical (unpaired) electrons. The van der Waals surface area contributed by atoms with Gasteiger partial charge in [-0.25, -0.2) is 0 Å². The molecule has 1 atom stereocenters. The van der Waals surface area contributed by atoms with Gasteiger partial charge in [-0.15, -0.1) is 0 Å². The Bertz CT molecular complexity index is 964. The van der Waals surface area contributed by atoms with Gasteiger partial charge in [-0.1, -0.05) is 47.6 Å². The zero-order valence-electron chi connectivity index (χ0n) is 17.3. The fourth-order valence-corrected chi connectivity index (χ4v) is 4.26. The molecule has 1 aliphatic heterocycles. The fraction of sp³-hybridized carbons (Fsp3) is 0.375. The minimum atomic E-state index is -0.771. The zero-order valence-corrected chi connectivity index (χ0v) is 17.3. The van der Waals surface area contributed by atoms with Crippen LogP contribution in [0.4, 0.5) is 0 Å². The number of likely N-dealkylation sites (tertiary alicyclic amines) is 1. The van der Waals surface area contributed by atoms with E-state index >= 15 is 0 Å². The standard InChI is InChI=1S/C24H28N2O3/c1-17-22(18(2)29-25-17)14-20-13-19(9-10-23(20)28-3)15-26-12-11-24(27,16-26)21-7-5-4-6-8-21/h4-10,13,27H,11-12,14-16H2,1-3H3. The van der Waals surface area contributed by atoms with Crippen LogP contribution >= 0.6 is 0 Å². The molecule has 0 amide bonds. The third kappa shape index (κ3) is 4.07. The van der Waals surface area contributed by atoms with Crippen LogP contribution in [0.5, 0.6) is 5.75 Å². The highest BCUT2D eigenvalue weighted by atomic mass is 16.5. The molecule has 0 spiro atoms. The Kier molecular flexibility index (Phi) is 5.43. The Morgan fingerprint density at radius 2 is 1.97 bits per heavy atom. The maximum atomic E-state index is 11.1. The number of hydrogen-bond acceptors (Lipinski definition) is 5. The number of aliphatic hydroxyl groups is 1. The topological polar surface area (TPSA) is 58.7 Å². The van der Waals surface area contributed by atoms with Crippen LogP contribution in [-0.4, -0.2) is 35.4 Å². The van der Waals surface area contributed by atoms with E-state index in [1.54, 1.807) is 7.11 Å². The van der Waals surface area contributed by atoms with E-state index in [9.17, 15) is 5.11 Å². The van der Waals surface area contributed by atoms with Gasteiger partial charge in [0.05, 0.1) is 12.8 Å². The normalized spacial score (nSPS) is 19.6. The number of nitrogens with zero attached hydrogens (tertiary/aromatic N) is 2. The molecule has 5 heteroatoms. The van der Waals surface area contributed by atoms with Crippen molar-refractivity contribution in [3.63, 3.8) is 0 Å². The lowest BCUT2D eigenvalue weighted by molar-refractivity contribution is 0.0453. The molecule has 0 saturated carbocycles. The number of hydrogen-bond donors (Lipinski definition) is 1. The van der Waals surface area contributed by atoms with E-state index in [4.69, 9.17) is 9.26 Å². The van der Waals surface area contributed by atoms with Crippen LogP contribution in [0, 0.1) is 13.8 Å². The van der Waals surface area contributed by atoms with Gasteiger partial charge in [0, 0.05) is 31.6 Å². The molecule has 0 bridgehead atoms. The van der Waals surface area contributed by atoms with Crippen molar-refractivity contribution in [2.75, 3.05) is 20.2 Å². The summed E-state index contributed by atoms with van der Waals surface area (Å²) in [5.74, 6) is 1.72. The molecule has 0 aliphatic carbocycles. The number of aromatic nitrogens is 1. The van der Waals surface area contributed by atoms with Crippen molar-refractivity contribution in [1.82, 2.24) is 10.1 Å². The van der Waals surface area contributed by atoms with E-state index in [-0.39, 0.29) is 0 Å². The van der Waals surface area contributed by atoms with Crippen molar-refractivity contribution in [2.24, 2.45) is 0 Å². The third-order valence-electron chi connectivity index (χ3n) is 5.94. The number of methoxy groups -OCH3 is 1. The van der Waals surface area contributed by atoms with Gasteiger partial charge in [0.25, 0.3) is 0 Å². The first-order valence-corrected chi connectivity index (χ1v) is 10.1. The monoisotopic (exact) mass is 392 g/mol.